The van der Waals surface area contributed by atoms with Crippen LogP contribution in [0.15, 0.2) is 162 Å². The number of nitrogens with one attached hydrogen (secondary N) is 1. The number of carbonyl (C=O) groups excluding carboxylic acids is 3. The minimum atomic E-state index is -0.918. The van der Waals surface area contributed by atoms with Gasteiger partial charge in [-0.15, -0.1) is 0 Å². The molecule has 16 rings (SSSR count). The smallest absolute Gasteiger partial charge is 0.355 e. The summed E-state index contributed by atoms with van der Waals surface area (Å²) in [6.45, 7) is 41.4. The number of nitrogens with two attached hydrogens (primary N) is 2. The van der Waals surface area contributed by atoms with Crippen LogP contribution >= 0.6 is 0 Å². The number of aromatic amines is 1. The van der Waals surface area contributed by atoms with E-state index < -0.39 is 63.2 Å². The van der Waals surface area contributed by atoms with Crippen LogP contribution < -0.4 is 43.2 Å². The number of benzene rings is 3. The van der Waals surface area contributed by atoms with Crippen LogP contribution in [-0.2, 0) is 14.4 Å². The normalized spacial score (nSPS) is 17.2. The Bertz CT molecular complexity index is 6830. The van der Waals surface area contributed by atoms with E-state index in [4.69, 9.17) is 16.5 Å². The van der Waals surface area contributed by atoms with Crippen molar-refractivity contribution in [3.8, 4) is 56.6 Å². The molecule has 34 heteroatoms. The Balaban J connectivity index is 0.000000155. The zero-order valence-corrected chi connectivity index (χ0v) is 73.6. The molecular weight excluding hydrogens is 1640 g/mol. The van der Waals surface area contributed by atoms with Crippen LogP contribution in [0.5, 0.6) is 5.75 Å². The van der Waals surface area contributed by atoms with Crippen molar-refractivity contribution >= 4 is 90.9 Å². The molecule has 3 fully saturated rings. The fourth-order valence-corrected chi connectivity index (χ4v) is 17.8. The first-order valence-corrected chi connectivity index (χ1v) is 42.0. The second kappa shape index (κ2) is 35.9. The summed E-state index contributed by atoms with van der Waals surface area (Å²) >= 11 is 0. The van der Waals surface area contributed by atoms with Crippen LogP contribution in [0.3, 0.4) is 0 Å². The predicted octanol–water partition coefficient (Wildman–Crippen LogP) is 14.1. The van der Waals surface area contributed by atoms with E-state index >= 15 is 13.2 Å². The number of carbonyl (C=O) groups is 3. The summed E-state index contributed by atoms with van der Waals surface area (Å²) < 4.78 is 81.7. The SMILES string of the molecule is C=CC(=O)N1CC(C)N(c2nc(=O)n(-c3c(C)ccnc3C(C)C)c3nc(-c4cccc5[nH]cnc45)c(F)cc23)CC1C.C=CC(=O)N1[C@H](C)CN(c2nc(=O)n(-c3c(C)cc(N)nc3C(C)C)c3nc(-c4c(O)cccc4F)c(F)cc23)C[C@@H]1C.C=CC(=O)N1[C@H](C)CN(c2nc(=O)n(-c3c(C)cc(N)nc3C(C)C)c3nc(-c4ccccc4F)c(F)cc23)C[C@@H]1C. The molecule has 3 amide bonds. The quantitative estimate of drug-likeness (QED) is 0.0547. The Morgan fingerprint density at radius 1 is 0.453 bits per heavy atom. The predicted molar refractivity (Wildman–Crippen MR) is 486 cm³/mol. The number of anilines is 5. The van der Waals surface area contributed by atoms with Gasteiger partial charge in [-0.3, -0.25) is 19.4 Å². The van der Waals surface area contributed by atoms with Gasteiger partial charge in [-0.2, -0.15) is 15.0 Å². The number of pyridine rings is 6. The second-order valence-electron chi connectivity index (χ2n) is 33.6. The van der Waals surface area contributed by atoms with Crippen LogP contribution in [0, 0.1) is 49.9 Å². The van der Waals surface area contributed by atoms with Crippen LogP contribution in [-0.4, -0.2) is 182 Å². The van der Waals surface area contributed by atoms with Crippen molar-refractivity contribution < 1.29 is 41.4 Å². The second-order valence-corrected chi connectivity index (χ2v) is 33.6. The van der Waals surface area contributed by atoms with E-state index in [0.717, 1.165) is 23.2 Å². The Hall–Kier alpha value is -14.5. The molecule has 6 N–H and O–H groups in total. The highest BCUT2D eigenvalue weighted by atomic mass is 19.1. The van der Waals surface area contributed by atoms with Gasteiger partial charge in [0.05, 0.1) is 73.2 Å². The average molecular weight is 1740 g/mol. The van der Waals surface area contributed by atoms with Gasteiger partial charge >= 0.3 is 17.1 Å². The molecule has 3 aliphatic rings. The maximum atomic E-state index is 16.2. The van der Waals surface area contributed by atoms with Gasteiger partial charge in [-0.25, -0.2) is 79.9 Å². The van der Waals surface area contributed by atoms with E-state index in [9.17, 15) is 42.7 Å². The van der Waals surface area contributed by atoms with E-state index in [-0.39, 0.29) is 134 Å². The van der Waals surface area contributed by atoms with E-state index in [0.29, 0.717) is 113 Å². The van der Waals surface area contributed by atoms with Crippen LogP contribution in [0.2, 0.25) is 0 Å². The number of H-pyrrole nitrogens is 1. The summed E-state index contributed by atoms with van der Waals surface area (Å²) in [5, 5.41) is 11.3. The third-order valence-electron chi connectivity index (χ3n) is 23.4. The number of para-hydroxylation sites is 1. The largest absolute Gasteiger partial charge is 0.507 e. The summed E-state index contributed by atoms with van der Waals surface area (Å²) in [4.78, 5) is 139. The standard InChI is InChI=1S/C32H33FN8O2.C31H33F2N7O3.C31H33F2N7O2/c1-7-25(42)39-14-20(6)40(15-19(39)5)30-22-13-23(33)27(21-9-8-10-24-28(21)36-16-35-24)37-31(22)41(32(43)38-30)29-18(4)11-12-34-26(29)17(2)3;1-7-24(42)39-17(5)13-38(14-18(39)6)29-19-12-21(33)27(25-20(32)9-8-10-22(25)41)36-30(19)40(31(43)37-29)28-16(4)11-23(34)35-26(28)15(2)3;1-7-25(41)39-18(5)14-38(15-19(39)6)29-21-13-23(33)27(20-10-8-9-11-22(20)32)36-30(21)40(31(42)37-29)28-17(4)12-24(34)35-26(28)16(2)3/h7-13,16-17,19-20H,1,14-15H2,2-6H3,(H,35,36);7-12,15,17-18,41H,1,13-14H2,2-6H3,(H2,34,35);7-13,16,18-19H,1,14-15H2,2-6H3,(H2,34,35)/t;17-,18+;18-,19+. The summed E-state index contributed by atoms with van der Waals surface area (Å²) in [7, 11) is 0. The molecule has 6 atom stereocenters. The molecule has 3 saturated heterocycles. The molecule has 13 aromatic rings. The molecule has 0 aliphatic carbocycles. The van der Waals surface area contributed by atoms with Crippen molar-refractivity contribution in [1.82, 2.24) is 83.2 Å². The fraction of sp³-hybridized carbons (Fsp3) is 0.319. The monoisotopic (exact) mass is 1740 g/mol. The number of aryl methyl sites for hydroxylation is 3. The summed E-state index contributed by atoms with van der Waals surface area (Å²) in [6, 6.07) is 22.2. The number of halogens is 5. The Morgan fingerprint density at radius 2 is 0.875 bits per heavy atom. The molecule has 0 bridgehead atoms. The van der Waals surface area contributed by atoms with Gasteiger partial charge in [0.2, 0.25) is 17.7 Å². The van der Waals surface area contributed by atoms with Crippen molar-refractivity contribution in [3.63, 3.8) is 0 Å². The van der Waals surface area contributed by atoms with E-state index in [1.807, 2.05) is 117 Å². The first kappa shape index (κ1) is 89.8. The number of hydrogen-bond donors (Lipinski definition) is 4. The minimum absolute atomic E-state index is 0.00414. The molecule has 29 nitrogen and oxygen atoms in total. The highest BCUT2D eigenvalue weighted by Gasteiger charge is 2.40. The van der Waals surface area contributed by atoms with Crippen LogP contribution in [0.25, 0.3) is 95.0 Å². The number of fused-ring (bicyclic) bond motifs is 4. The number of aromatic hydroxyl groups is 1. The van der Waals surface area contributed by atoms with Gasteiger partial charge in [-0.05, 0) is 182 Å². The Labute approximate surface area is 733 Å². The molecule has 10 aromatic heterocycles. The molecule has 0 radical (unpaired) electrons. The number of piperazine rings is 3. The molecule has 2 unspecified atom stereocenters. The average Bonchev–Trinajstić information content (AvgIpc) is 0.891. The molecule has 3 aromatic carbocycles. The fourth-order valence-electron chi connectivity index (χ4n) is 17.8. The molecule has 128 heavy (non-hydrogen) atoms. The molecular formula is C94H99F5N22O7. The van der Waals surface area contributed by atoms with Gasteiger partial charge in [0.25, 0.3) is 0 Å². The maximum absolute atomic E-state index is 16.2. The number of aromatic nitrogens is 14. The van der Waals surface area contributed by atoms with E-state index in [1.165, 1.54) is 74.4 Å². The molecule has 3 aliphatic heterocycles. The number of nitrogen functional groups attached to an aromatic ring is 2. The zero-order valence-electron chi connectivity index (χ0n) is 73.6. The van der Waals surface area contributed by atoms with Gasteiger partial charge in [-0.1, -0.05) is 91.6 Å². The maximum Gasteiger partial charge on any atom is 0.355 e. The molecule has 0 spiro atoms. The highest BCUT2D eigenvalue weighted by molar-refractivity contribution is 5.97. The number of hydrogen-bond acceptors (Lipinski definition) is 22. The lowest BCUT2D eigenvalue weighted by Gasteiger charge is -2.44. The van der Waals surface area contributed by atoms with Crippen molar-refractivity contribution in [1.29, 1.82) is 0 Å². The molecule has 0 saturated carbocycles. The molecule has 662 valence electrons. The van der Waals surface area contributed by atoms with Gasteiger partial charge in [0.1, 0.15) is 75.2 Å². The number of phenolic OH excluding ortho intramolecular Hbond substituents is 1. The third kappa shape index (κ3) is 16.6. The lowest BCUT2D eigenvalue weighted by Crippen LogP contribution is -2.58. The zero-order chi connectivity index (χ0) is 92.4. The third-order valence-corrected chi connectivity index (χ3v) is 23.4. The van der Waals surface area contributed by atoms with E-state index in [2.05, 4.69) is 69.6 Å². The lowest BCUT2D eigenvalue weighted by atomic mass is 10.0. The van der Waals surface area contributed by atoms with Crippen LogP contribution in [0.1, 0.15) is 135 Å². The van der Waals surface area contributed by atoms with E-state index in [1.54, 1.807) is 71.4 Å². The van der Waals surface area contributed by atoms with Crippen molar-refractivity contribution in [3.05, 3.63) is 242 Å². The number of amides is 3. The van der Waals surface area contributed by atoms with Crippen LogP contribution in [0.4, 0.5) is 51.0 Å². The van der Waals surface area contributed by atoms with Gasteiger partial charge in [0.15, 0.2) is 22.8 Å². The summed E-state index contributed by atoms with van der Waals surface area (Å²) in [6.07, 6.45) is 7.10. The Morgan fingerprint density at radius 3 is 1.34 bits per heavy atom. The number of phenols is 1. The topological polar surface area (TPSA) is 354 Å². The van der Waals surface area contributed by atoms with Crippen molar-refractivity contribution in [2.75, 3.05) is 65.4 Å². The first-order valence-electron chi connectivity index (χ1n) is 42.0. The number of rotatable bonds is 15. The highest BCUT2D eigenvalue weighted by Crippen LogP contribution is 2.42. The van der Waals surface area contributed by atoms with Crippen molar-refractivity contribution in [2.45, 2.75) is 158 Å². The van der Waals surface area contributed by atoms with Crippen molar-refractivity contribution in [2.24, 2.45) is 0 Å². The minimum Gasteiger partial charge on any atom is -0.507 e. The summed E-state index contributed by atoms with van der Waals surface area (Å²) in [5.41, 5.74) is 16.5. The van der Waals surface area contributed by atoms with Gasteiger partial charge in [0, 0.05) is 92.8 Å². The lowest BCUT2D eigenvalue weighted by molar-refractivity contribution is -0.131. The Kier molecular flexibility index (Phi) is 25.2. The molecule has 13 heterocycles. The number of imidazole rings is 1. The number of nitrogens with zero attached hydrogens (tertiary/aromatic N) is 19. The van der Waals surface area contributed by atoms with Gasteiger partial charge < -0.3 is 51.0 Å². The summed E-state index contributed by atoms with van der Waals surface area (Å²) in [5.74, 6) is -3.90. The first-order chi connectivity index (χ1) is 60.9.